The van der Waals surface area contributed by atoms with Gasteiger partial charge in [-0.1, -0.05) is 84.0 Å². The minimum Gasteiger partial charge on any atom is -0.325 e. The van der Waals surface area contributed by atoms with E-state index in [1.807, 2.05) is 0 Å². The average Bonchev–Trinajstić information content (AvgIpc) is 2.94. The van der Waals surface area contributed by atoms with Crippen LogP contribution in [0.15, 0.2) is 0 Å². The Hall–Kier alpha value is -0.0800. The molecule has 2 N–H and O–H groups in total. The first-order valence-electron chi connectivity index (χ1n) is 12.5. The highest BCUT2D eigenvalue weighted by atomic mass is 15.2. The molecule has 1 aliphatic heterocycles. The Morgan fingerprint density at radius 2 is 1.48 bits per heavy atom. The van der Waals surface area contributed by atoms with Crippen LogP contribution in [0, 0.1) is 11.8 Å². The van der Waals surface area contributed by atoms with Crippen molar-refractivity contribution in [1.29, 1.82) is 0 Å². The fourth-order valence-electron chi connectivity index (χ4n) is 5.88. The van der Waals surface area contributed by atoms with Gasteiger partial charge in [0.2, 0.25) is 0 Å². The molecular weight excluding hydrogens is 328 g/mol. The largest absolute Gasteiger partial charge is 0.325 e. The van der Waals surface area contributed by atoms with Gasteiger partial charge < -0.3 is 10.6 Å². The summed E-state index contributed by atoms with van der Waals surface area (Å²) >= 11 is 0. The lowest BCUT2D eigenvalue weighted by atomic mass is 9.80. The van der Waals surface area contributed by atoms with E-state index in [0.717, 1.165) is 17.9 Å². The van der Waals surface area contributed by atoms with Crippen molar-refractivity contribution < 1.29 is 0 Å². The number of hydrogen-bond acceptors (Lipinski definition) is 2. The molecule has 1 aliphatic carbocycles. The molecule has 2 heteroatoms. The first kappa shape index (κ1) is 23.2. The van der Waals surface area contributed by atoms with Gasteiger partial charge in [-0.15, -0.1) is 0 Å². The molecular formula is C25H50N2. The van der Waals surface area contributed by atoms with Crippen molar-refractivity contribution in [2.45, 2.75) is 135 Å². The molecule has 0 aromatic rings. The first-order valence-corrected chi connectivity index (χ1v) is 12.5. The molecule has 2 aliphatic rings. The van der Waals surface area contributed by atoms with Gasteiger partial charge in [0, 0.05) is 18.1 Å². The quantitative estimate of drug-likeness (QED) is 0.418. The van der Waals surface area contributed by atoms with Crippen molar-refractivity contribution >= 4 is 0 Å². The predicted octanol–water partition coefficient (Wildman–Crippen LogP) is 6.92. The van der Waals surface area contributed by atoms with Crippen molar-refractivity contribution in [3.8, 4) is 0 Å². The zero-order valence-electron chi connectivity index (χ0n) is 19.0. The number of unbranched alkanes of at least 4 members (excludes halogenated alkanes) is 4. The van der Waals surface area contributed by atoms with E-state index in [-0.39, 0.29) is 5.54 Å². The van der Waals surface area contributed by atoms with Crippen molar-refractivity contribution in [1.82, 2.24) is 4.90 Å². The lowest BCUT2D eigenvalue weighted by molar-refractivity contribution is 0.229. The normalized spacial score (nSPS) is 30.0. The van der Waals surface area contributed by atoms with Crippen LogP contribution < -0.4 is 5.73 Å². The Balaban J connectivity index is 1.65. The van der Waals surface area contributed by atoms with Crippen LogP contribution in [0.1, 0.15) is 123 Å². The molecule has 27 heavy (non-hydrogen) atoms. The van der Waals surface area contributed by atoms with Gasteiger partial charge in [0.25, 0.3) is 0 Å². The van der Waals surface area contributed by atoms with Crippen LogP contribution >= 0.6 is 0 Å². The maximum absolute atomic E-state index is 6.45. The van der Waals surface area contributed by atoms with E-state index in [9.17, 15) is 0 Å². The Bertz CT molecular complexity index is 379. The zero-order valence-corrected chi connectivity index (χ0v) is 19.0. The van der Waals surface area contributed by atoms with Crippen LogP contribution in [0.25, 0.3) is 0 Å². The van der Waals surface area contributed by atoms with E-state index in [0.29, 0.717) is 0 Å². The Morgan fingerprint density at radius 1 is 0.852 bits per heavy atom. The Labute approximate surface area is 171 Å². The fraction of sp³-hybridized carbons (Fsp3) is 1.00. The molecule has 1 heterocycles. The van der Waals surface area contributed by atoms with Crippen LogP contribution in [-0.4, -0.2) is 30.1 Å². The molecule has 160 valence electrons. The maximum atomic E-state index is 6.45. The predicted molar refractivity (Wildman–Crippen MR) is 120 cm³/mol. The van der Waals surface area contributed by atoms with Gasteiger partial charge in [0.1, 0.15) is 0 Å². The molecule has 3 unspecified atom stereocenters. The number of likely N-dealkylation sites (tertiary alicyclic amines) is 1. The summed E-state index contributed by atoms with van der Waals surface area (Å²) in [7, 11) is 2.40. The van der Waals surface area contributed by atoms with Crippen molar-refractivity contribution in [3.63, 3.8) is 0 Å². The summed E-state index contributed by atoms with van der Waals surface area (Å²) in [5.74, 6) is 1.97. The van der Waals surface area contributed by atoms with Crippen LogP contribution in [0.3, 0.4) is 0 Å². The molecule has 0 radical (unpaired) electrons. The minimum absolute atomic E-state index is 0.0769. The van der Waals surface area contributed by atoms with Gasteiger partial charge in [0.15, 0.2) is 0 Å². The highest BCUT2D eigenvalue weighted by Gasteiger charge is 2.38. The minimum atomic E-state index is 0.0769. The number of nitrogens with two attached hydrogens (primary N) is 1. The van der Waals surface area contributed by atoms with Gasteiger partial charge in [-0.2, -0.15) is 0 Å². The van der Waals surface area contributed by atoms with E-state index >= 15 is 0 Å². The SMILES string of the molecule is CCCCC(C)(N)CCCCCCC1CN(C)C2CCCCCCCC[C@H]12. The van der Waals surface area contributed by atoms with Gasteiger partial charge in [-0.05, 0) is 57.9 Å². The second-order valence-electron chi connectivity index (χ2n) is 10.3. The number of nitrogens with zero attached hydrogens (tertiary/aromatic N) is 1. The summed E-state index contributed by atoms with van der Waals surface area (Å²) in [6.45, 7) is 5.89. The summed E-state index contributed by atoms with van der Waals surface area (Å²) in [5.41, 5.74) is 6.53. The molecule has 2 nitrogen and oxygen atoms in total. The third-order valence-electron chi connectivity index (χ3n) is 7.65. The molecule has 0 bridgehead atoms. The summed E-state index contributed by atoms with van der Waals surface area (Å²) in [4.78, 5) is 2.73. The molecule has 0 aromatic carbocycles. The zero-order chi connectivity index (χ0) is 19.5. The number of rotatable bonds is 10. The molecule has 4 atom stereocenters. The first-order chi connectivity index (χ1) is 13.0. The topological polar surface area (TPSA) is 29.3 Å². The van der Waals surface area contributed by atoms with Crippen LogP contribution in [-0.2, 0) is 0 Å². The average molecular weight is 379 g/mol. The van der Waals surface area contributed by atoms with Crippen molar-refractivity contribution in [2.24, 2.45) is 17.6 Å². The van der Waals surface area contributed by atoms with Crippen molar-refractivity contribution in [2.75, 3.05) is 13.6 Å². The monoisotopic (exact) mass is 378 g/mol. The second kappa shape index (κ2) is 12.5. The van der Waals surface area contributed by atoms with Gasteiger partial charge in [0.05, 0.1) is 0 Å². The molecule has 2 rings (SSSR count). The number of fused-ring (bicyclic) bond motifs is 1. The molecule has 0 aromatic heterocycles. The molecule has 2 fully saturated rings. The van der Waals surface area contributed by atoms with E-state index in [1.54, 1.807) is 0 Å². The van der Waals surface area contributed by atoms with Crippen LogP contribution in [0.5, 0.6) is 0 Å². The Morgan fingerprint density at radius 3 is 2.22 bits per heavy atom. The van der Waals surface area contributed by atoms with Crippen LogP contribution in [0.2, 0.25) is 0 Å². The summed E-state index contributed by atoms with van der Waals surface area (Å²) in [6, 6.07) is 0.893. The van der Waals surface area contributed by atoms with Crippen LogP contribution in [0.4, 0.5) is 0 Å². The van der Waals surface area contributed by atoms with Gasteiger partial charge in [-0.3, -0.25) is 0 Å². The van der Waals surface area contributed by atoms with E-state index in [4.69, 9.17) is 5.73 Å². The van der Waals surface area contributed by atoms with Crippen molar-refractivity contribution in [3.05, 3.63) is 0 Å². The lowest BCUT2D eigenvalue weighted by Crippen LogP contribution is -2.35. The Kier molecular flexibility index (Phi) is 10.7. The fourth-order valence-corrected chi connectivity index (χ4v) is 5.88. The smallest absolute Gasteiger partial charge is 0.0125 e. The highest BCUT2D eigenvalue weighted by Crippen LogP contribution is 2.39. The summed E-state index contributed by atoms with van der Waals surface area (Å²) < 4.78 is 0. The highest BCUT2D eigenvalue weighted by molar-refractivity contribution is 4.91. The molecule has 1 saturated heterocycles. The van der Waals surface area contributed by atoms with E-state index < -0.39 is 0 Å². The van der Waals surface area contributed by atoms with Gasteiger partial charge >= 0.3 is 0 Å². The van der Waals surface area contributed by atoms with E-state index in [1.165, 1.54) is 116 Å². The maximum Gasteiger partial charge on any atom is 0.0125 e. The van der Waals surface area contributed by atoms with Gasteiger partial charge in [-0.25, -0.2) is 0 Å². The lowest BCUT2D eigenvalue weighted by Gasteiger charge is -2.28. The molecule has 1 saturated carbocycles. The number of hydrogen-bond donors (Lipinski definition) is 1. The summed E-state index contributed by atoms with van der Waals surface area (Å²) in [5, 5.41) is 0. The third-order valence-corrected chi connectivity index (χ3v) is 7.65. The molecule has 0 amide bonds. The standard InChI is InChI=1S/C25H50N2/c1-4-5-19-25(2,26)20-15-11-10-12-16-22-21-27(3)24-18-14-9-7-6-8-13-17-23(22)24/h22-24H,4-21,26H2,1-3H3/t22?,23-,24?,25?/m1/s1. The van der Waals surface area contributed by atoms with E-state index in [2.05, 4.69) is 25.8 Å². The second-order valence-corrected chi connectivity index (χ2v) is 10.3. The summed E-state index contributed by atoms with van der Waals surface area (Å²) in [6.07, 6.45) is 23.8. The third kappa shape index (κ3) is 8.44. The molecule has 0 spiro atoms.